The van der Waals surface area contributed by atoms with Gasteiger partial charge >= 0.3 is 5.97 Å². The van der Waals surface area contributed by atoms with Crippen LogP contribution in [0.4, 0.5) is 5.69 Å². The Morgan fingerprint density at radius 1 is 1.12 bits per heavy atom. The summed E-state index contributed by atoms with van der Waals surface area (Å²) < 4.78 is 27.3. The van der Waals surface area contributed by atoms with Crippen molar-refractivity contribution in [1.82, 2.24) is 0 Å². The predicted octanol–water partition coefficient (Wildman–Crippen LogP) is 2.23. The third kappa shape index (κ3) is 3.74. The number of ether oxygens (including phenoxy) is 5. The summed E-state index contributed by atoms with van der Waals surface area (Å²) in [5, 5.41) is 12.7. The van der Waals surface area contributed by atoms with E-state index < -0.39 is 6.10 Å². The molecule has 9 heteroatoms. The zero-order chi connectivity index (χ0) is 22.2. The Morgan fingerprint density at radius 3 is 2.75 bits per heavy atom. The van der Waals surface area contributed by atoms with Crippen LogP contribution in [0.1, 0.15) is 34.7 Å². The molecular weight excluding hydrogens is 418 g/mol. The number of fused-ring (bicyclic) bond motifs is 4. The van der Waals surface area contributed by atoms with E-state index in [9.17, 15) is 14.7 Å². The molecule has 0 saturated carbocycles. The lowest BCUT2D eigenvalue weighted by molar-refractivity contribution is -0.156. The van der Waals surface area contributed by atoms with E-state index in [0.717, 1.165) is 5.56 Å². The van der Waals surface area contributed by atoms with Crippen molar-refractivity contribution in [3.05, 3.63) is 47.5 Å². The number of benzene rings is 2. The molecule has 0 aliphatic carbocycles. The number of methoxy groups -OCH3 is 1. The SMILES string of the molecule is COC(=O)C[C@@H]1C[C@@H]2c3cc(NC(=O)c4ccc5c(c4)OCO5)ccc3O[C@@H]2[C@H](CO)O1. The molecule has 2 aromatic carbocycles. The van der Waals surface area contributed by atoms with Crippen molar-refractivity contribution in [2.45, 2.75) is 37.1 Å². The highest BCUT2D eigenvalue weighted by Gasteiger charge is 2.46. The zero-order valence-electron chi connectivity index (χ0n) is 17.4. The molecule has 3 aliphatic rings. The molecule has 1 amide bonds. The van der Waals surface area contributed by atoms with Gasteiger partial charge in [0.15, 0.2) is 11.5 Å². The lowest BCUT2D eigenvalue weighted by Gasteiger charge is -2.36. The average Bonchev–Trinajstić information content (AvgIpc) is 3.42. The summed E-state index contributed by atoms with van der Waals surface area (Å²) in [5.41, 5.74) is 1.98. The number of rotatable bonds is 5. The van der Waals surface area contributed by atoms with E-state index in [1.165, 1.54) is 7.11 Å². The van der Waals surface area contributed by atoms with Crippen molar-refractivity contribution in [2.24, 2.45) is 0 Å². The van der Waals surface area contributed by atoms with E-state index >= 15 is 0 Å². The van der Waals surface area contributed by atoms with Gasteiger partial charge in [-0.2, -0.15) is 0 Å². The summed E-state index contributed by atoms with van der Waals surface area (Å²) in [6.07, 6.45) is -0.650. The zero-order valence-corrected chi connectivity index (χ0v) is 17.4. The first-order valence-electron chi connectivity index (χ1n) is 10.4. The number of aliphatic hydroxyl groups is 1. The Morgan fingerprint density at radius 2 is 1.94 bits per heavy atom. The number of aliphatic hydroxyl groups excluding tert-OH is 1. The molecule has 0 bridgehead atoms. The van der Waals surface area contributed by atoms with Crippen molar-refractivity contribution in [1.29, 1.82) is 0 Å². The van der Waals surface area contributed by atoms with Gasteiger partial charge in [-0.25, -0.2) is 0 Å². The first-order chi connectivity index (χ1) is 15.6. The Labute approximate surface area is 184 Å². The smallest absolute Gasteiger partial charge is 0.308 e. The fraction of sp³-hybridized carbons (Fsp3) is 0.391. The fourth-order valence-electron chi connectivity index (χ4n) is 4.48. The molecule has 3 aliphatic heterocycles. The summed E-state index contributed by atoms with van der Waals surface area (Å²) in [6, 6.07) is 10.5. The number of hydrogen-bond acceptors (Lipinski definition) is 8. The summed E-state index contributed by atoms with van der Waals surface area (Å²) in [5.74, 6) is 1.12. The maximum atomic E-state index is 12.8. The van der Waals surface area contributed by atoms with Gasteiger partial charge in [-0.1, -0.05) is 0 Å². The molecule has 2 aromatic rings. The Bertz CT molecular complexity index is 1050. The summed E-state index contributed by atoms with van der Waals surface area (Å²) in [7, 11) is 1.33. The minimum atomic E-state index is -0.553. The van der Waals surface area contributed by atoms with Gasteiger partial charge in [0.2, 0.25) is 6.79 Å². The van der Waals surface area contributed by atoms with E-state index in [-0.39, 0.29) is 49.8 Å². The lowest BCUT2D eigenvalue weighted by atomic mass is 9.84. The number of carbonyl (C=O) groups is 2. The maximum absolute atomic E-state index is 12.8. The molecule has 0 spiro atoms. The van der Waals surface area contributed by atoms with Gasteiger partial charge in [-0.05, 0) is 42.8 Å². The maximum Gasteiger partial charge on any atom is 0.308 e. The molecule has 5 rings (SSSR count). The molecule has 0 unspecified atom stereocenters. The number of esters is 1. The molecule has 9 nitrogen and oxygen atoms in total. The van der Waals surface area contributed by atoms with Gasteiger partial charge in [-0.3, -0.25) is 9.59 Å². The highest BCUT2D eigenvalue weighted by atomic mass is 16.7. The second-order valence-corrected chi connectivity index (χ2v) is 7.96. The molecule has 1 saturated heterocycles. The predicted molar refractivity (Wildman–Crippen MR) is 111 cm³/mol. The van der Waals surface area contributed by atoms with Gasteiger partial charge in [0, 0.05) is 22.7 Å². The van der Waals surface area contributed by atoms with Crippen LogP contribution in [0.5, 0.6) is 17.2 Å². The minimum absolute atomic E-state index is 0.0760. The minimum Gasteiger partial charge on any atom is -0.487 e. The van der Waals surface area contributed by atoms with E-state index in [4.69, 9.17) is 23.7 Å². The van der Waals surface area contributed by atoms with Crippen LogP contribution in [-0.4, -0.2) is 55.8 Å². The number of nitrogens with one attached hydrogen (secondary N) is 1. The topological polar surface area (TPSA) is 113 Å². The standard InChI is InChI=1S/C23H23NO8/c1-28-21(26)9-14-8-16-15-7-13(3-5-17(15)32-22(16)20(10-25)31-14)24-23(27)12-2-4-18-19(6-12)30-11-29-18/h2-7,14,16,20,22,25H,8-11H2,1H3,(H,24,27)/t14-,16+,20-,22-/m0/s1. The highest BCUT2D eigenvalue weighted by Crippen LogP contribution is 2.47. The summed E-state index contributed by atoms with van der Waals surface area (Å²) in [4.78, 5) is 24.5. The van der Waals surface area contributed by atoms with Crippen LogP contribution in [0.2, 0.25) is 0 Å². The van der Waals surface area contributed by atoms with Crippen LogP contribution < -0.4 is 19.5 Å². The molecule has 0 radical (unpaired) electrons. The normalized spacial score (nSPS) is 24.8. The van der Waals surface area contributed by atoms with Gasteiger partial charge in [-0.15, -0.1) is 0 Å². The second kappa shape index (κ2) is 8.33. The summed E-state index contributed by atoms with van der Waals surface area (Å²) >= 11 is 0. The largest absolute Gasteiger partial charge is 0.487 e. The van der Waals surface area contributed by atoms with Crippen LogP contribution in [0, 0.1) is 0 Å². The van der Waals surface area contributed by atoms with Gasteiger partial charge in [0.25, 0.3) is 5.91 Å². The fourth-order valence-corrected chi connectivity index (χ4v) is 4.48. The van der Waals surface area contributed by atoms with Gasteiger partial charge < -0.3 is 34.1 Å². The molecule has 2 N–H and O–H groups in total. The molecule has 1 fully saturated rings. The van der Waals surface area contributed by atoms with Crippen LogP contribution in [0.3, 0.4) is 0 Å². The third-order valence-electron chi connectivity index (χ3n) is 6.01. The molecule has 0 aromatic heterocycles. The van der Waals surface area contributed by atoms with Crippen molar-refractivity contribution in [3.63, 3.8) is 0 Å². The number of hydrogen-bond donors (Lipinski definition) is 2. The molecule has 4 atom stereocenters. The molecule has 3 heterocycles. The molecule has 32 heavy (non-hydrogen) atoms. The van der Waals surface area contributed by atoms with E-state index in [2.05, 4.69) is 5.32 Å². The molecule has 168 valence electrons. The third-order valence-corrected chi connectivity index (χ3v) is 6.01. The monoisotopic (exact) mass is 441 g/mol. The van der Waals surface area contributed by atoms with E-state index in [1.807, 2.05) is 6.07 Å². The van der Waals surface area contributed by atoms with Crippen molar-refractivity contribution in [3.8, 4) is 17.2 Å². The Hall–Kier alpha value is -3.30. The highest BCUT2D eigenvalue weighted by molar-refractivity contribution is 6.04. The number of amides is 1. The Kier molecular flexibility index (Phi) is 5.36. The average molecular weight is 441 g/mol. The van der Waals surface area contributed by atoms with E-state index in [1.54, 1.807) is 30.3 Å². The van der Waals surface area contributed by atoms with Gasteiger partial charge in [0.05, 0.1) is 26.2 Å². The van der Waals surface area contributed by atoms with Crippen LogP contribution >= 0.6 is 0 Å². The van der Waals surface area contributed by atoms with Crippen LogP contribution in [0.15, 0.2) is 36.4 Å². The van der Waals surface area contributed by atoms with Crippen molar-refractivity contribution in [2.75, 3.05) is 25.8 Å². The number of carbonyl (C=O) groups excluding carboxylic acids is 2. The Balaban J connectivity index is 1.35. The van der Waals surface area contributed by atoms with Crippen molar-refractivity contribution < 1.29 is 38.4 Å². The first-order valence-corrected chi connectivity index (χ1v) is 10.4. The summed E-state index contributed by atoms with van der Waals surface area (Å²) in [6.45, 7) is -0.0795. The van der Waals surface area contributed by atoms with Gasteiger partial charge in [0.1, 0.15) is 18.0 Å². The van der Waals surface area contributed by atoms with Crippen LogP contribution in [0.25, 0.3) is 0 Å². The lowest BCUT2D eigenvalue weighted by Crippen LogP contribution is -2.46. The first kappa shape index (κ1) is 20.6. The van der Waals surface area contributed by atoms with Crippen molar-refractivity contribution >= 4 is 17.6 Å². The number of anilines is 1. The van der Waals surface area contributed by atoms with E-state index in [0.29, 0.717) is 34.9 Å². The molecular formula is C23H23NO8. The van der Waals surface area contributed by atoms with Crippen LogP contribution in [-0.2, 0) is 14.3 Å². The quantitative estimate of drug-likeness (QED) is 0.680. The second-order valence-electron chi connectivity index (χ2n) is 7.96.